The summed E-state index contributed by atoms with van der Waals surface area (Å²) < 4.78 is 0. The Kier molecular flexibility index (Phi) is 3.92. The summed E-state index contributed by atoms with van der Waals surface area (Å²) in [4.78, 5) is 12.9. The largest absolute Gasteiger partial charge is 0.396 e. The first-order valence-electron chi connectivity index (χ1n) is 8.12. The van der Waals surface area contributed by atoms with Gasteiger partial charge in [0, 0.05) is 35.7 Å². The van der Waals surface area contributed by atoms with Crippen LogP contribution >= 0.6 is 11.8 Å². The predicted molar refractivity (Wildman–Crippen MR) is 90.6 cm³/mol. The Balaban J connectivity index is 1.69. The van der Waals surface area contributed by atoms with Gasteiger partial charge in [-0.15, -0.1) is 11.8 Å². The number of anilines is 1. The minimum absolute atomic E-state index is 0.311. The zero-order valence-corrected chi connectivity index (χ0v) is 13.5. The fourth-order valence-electron chi connectivity index (χ4n) is 3.69. The van der Waals surface area contributed by atoms with Crippen molar-refractivity contribution in [1.29, 1.82) is 0 Å². The SMILES string of the molecule is OCCC1CCN(c2ncnc3ccc4c(c23)CCS4)CC1. The molecule has 4 rings (SSSR count). The van der Waals surface area contributed by atoms with Gasteiger partial charge in [0.15, 0.2) is 0 Å². The smallest absolute Gasteiger partial charge is 0.140 e. The van der Waals surface area contributed by atoms with Gasteiger partial charge in [-0.1, -0.05) is 0 Å². The molecule has 0 saturated carbocycles. The average Bonchev–Trinajstić information content (AvgIpc) is 3.04. The lowest BCUT2D eigenvalue weighted by Gasteiger charge is -2.33. The Morgan fingerprint density at radius 2 is 2.09 bits per heavy atom. The quantitative estimate of drug-likeness (QED) is 0.944. The number of aryl methyl sites for hydroxylation is 1. The third-order valence-electron chi connectivity index (χ3n) is 4.91. The van der Waals surface area contributed by atoms with Crippen molar-refractivity contribution in [2.75, 3.05) is 30.3 Å². The van der Waals surface area contributed by atoms with Crippen molar-refractivity contribution in [3.63, 3.8) is 0 Å². The highest BCUT2D eigenvalue weighted by Crippen LogP contribution is 2.39. The van der Waals surface area contributed by atoms with Gasteiger partial charge in [-0.05, 0) is 49.3 Å². The third-order valence-corrected chi connectivity index (χ3v) is 6.01. The maximum Gasteiger partial charge on any atom is 0.140 e. The van der Waals surface area contributed by atoms with Crippen molar-refractivity contribution >= 4 is 28.5 Å². The molecule has 2 aromatic rings. The molecular formula is C17H21N3OS. The monoisotopic (exact) mass is 315 g/mol. The van der Waals surface area contributed by atoms with Gasteiger partial charge in [0.2, 0.25) is 0 Å². The van der Waals surface area contributed by atoms with Crippen molar-refractivity contribution < 1.29 is 5.11 Å². The Hall–Kier alpha value is -1.33. The Morgan fingerprint density at radius 3 is 2.91 bits per heavy atom. The lowest BCUT2D eigenvalue weighted by molar-refractivity contribution is 0.240. The lowest BCUT2D eigenvalue weighted by Crippen LogP contribution is -2.34. The third kappa shape index (κ3) is 2.46. The molecule has 0 unspecified atom stereocenters. The van der Waals surface area contributed by atoms with Crippen LogP contribution in [0, 0.1) is 5.92 Å². The van der Waals surface area contributed by atoms with Gasteiger partial charge in [0.05, 0.1) is 5.52 Å². The summed E-state index contributed by atoms with van der Waals surface area (Å²) in [6.07, 6.45) is 6.06. The van der Waals surface area contributed by atoms with E-state index in [2.05, 4.69) is 27.0 Å². The molecule has 22 heavy (non-hydrogen) atoms. The maximum atomic E-state index is 9.11. The van der Waals surface area contributed by atoms with Crippen LogP contribution in [0.25, 0.3) is 10.9 Å². The number of piperidine rings is 1. The number of thioether (sulfide) groups is 1. The molecule has 0 radical (unpaired) electrons. The molecule has 0 aliphatic carbocycles. The van der Waals surface area contributed by atoms with Crippen molar-refractivity contribution in [2.24, 2.45) is 5.92 Å². The summed E-state index contributed by atoms with van der Waals surface area (Å²) in [5, 5.41) is 10.4. The maximum absolute atomic E-state index is 9.11. The van der Waals surface area contributed by atoms with E-state index in [0.717, 1.165) is 50.1 Å². The van der Waals surface area contributed by atoms with Crippen molar-refractivity contribution in [3.05, 3.63) is 24.0 Å². The predicted octanol–water partition coefficient (Wildman–Crippen LogP) is 2.88. The molecule has 0 bridgehead atoms. The van der Waals surface area contributed by atoms with Crippen LogP contribution in [0.3, 0.4) is 0 Å². The van der Waals surface area contributed by atoms with Gasteiger partial charge in [-0.3, -0.25) is 0 Å². The number of hydrogen-bond acceptors (Lipinski definition) is 5. The summed E-state index contributed by atoms with van der Waals surface area (Å²) in [7, 11) is 0. The first kappa shape index (κ1) is 14.3. The van der Waals surface area contributed by atoms with Crippen LogP contribution in [0.4, 0.5) is 5.82 Å². The second kappa shape index (κ2) is 6.05. The number of aromatic nitrogens is 2. The molecule has 1 aromatic heterocycles. The van der Waals surface area contributed by atoms with Gasteiger partial charge in [-0.25, -0.2) is 9.97 Å². The zero-order valence-electron chi connectivity index (χ0n) is 12.7. The normalized spacial score (nSPS) is 18.9. The van der Waals surface area contributed by atoms with Crippen molar-refractivity contribution in [2.45, 2.75) is 30.6 Å². The van der Waals surface area contributed by atoms with E-state index in [9.17, 15) is 0 Å². The van der Waals surface area contributed by atoms with E-state index in [1.165, 1.54) is 21.6 Å². The van der Waals surface area contributed by atoms with Crippen molar-refractivity contribution in [1.82, 2.24) is 9.97 Å². The second-order valence-electron chi connectivity index (χ2n) is 6.17. The van der Waals surface area contributed by atoms with Gasteiger partial charge in [0.25, 0.3) is 0 Å². The first-order chi connectivity index (χ1) is 10.9. The number of benzene rings is 1. The molecular weight excluding hydrogens is 294 g/mol. The molecule has 1 aromatic carbocycles. The molecule has 3 heterocycles. The topological polar surface area (TPSA) is 49.2 Å². The second-order valence-corrected chi connectivity index (χ2v) is 7.31. The van der Waals surface area contributed by atoms with Crippen LogP contribution < -0.4 is 4.90 Å². The van der Waals surface area contributed by atoms with Crippen LogP contribution in [-0.2, 0) is 6.42 Å². The molecule has 116 valence electrons. The van der Waals surface area contributed by atoms with Crippen LogP contribution in [0.1, 0.15) is 24.8 Å². The Bertz CT molecular complexity index is 683. The molecule has 1 fully saturated rings. The molecule has 0 amide bonds. The van der Waals surface area contributed by atoms with Crippen LogP contribution in [0.5, 0.6) is 0 Å². The van der Waals surface area contributed by atoms with Crippen LogP contribution in [0.2, 0.25) is 0 Å². The minimum atomic E-state index is 0.311. The van der Waals surface area contributed by atoms with Crippen LogP contribution in [-0.4, -0.2) is 40.5 Å². The van der Waals surface area contributed by atoms with E-state index in [1.54, 1.807) is 6.33 Å². The molecule has 4 nitrogen and oxygen atoms in total. The van der Waals surface area contributed by atoms with E-state index in [0.29, 0.717) is 12.5 Å². The van der Waals surface area contributed by atoms with Gasteiger partial charge >= 0.3 is 0 Å². The summed E-state index contributed by atoms with van der Waals surface area (Å²) in [5.74, 6) is 2.95. The number of nitrogens with zero attached hydrogens (tertiary/aromatic N) is 3. The highest BCUT2D eigenvalue weighted by atomic mass is 32.2. The number of aliphatic hydroxyl groups is 1. The lowest BCUT2D eigenvalue weighted by atomic mass is 9.93. The van der Waals surface area contributed by atoms with E-state index in [4.69, 9.17) is 5.11 Å². The molecule has 2 aliphatic heterocycles. The highest BCUT2D eigenvalue weighted by Gasteiger charge is 2.24. The molecule has 1 N–H and O–H groups in total. The average molecular weight is 315 g/mol. The zero-order chi connectivity index (χ0) is 14.9. The fourth-order valence-corrected chi connectivity index (χ4v) is 4.75. The molecule has 0 atom stereocenters. The summed E-state index contributed by atoms with van der Waals surface area (Å²) in [6, 6.07) is 4.34. The van der Waals surface area contributed by atoms with Gasteiger partial charge < -0.3 is 10.0 Å². The minimum Gasteiger partial charge on any atom is -0.396 e. The molecule has 2 aliphatic rings. The van der Waals surface area contributed by atoms with Crippen LogP contribution in [0.15, 0.2) is 23.4 Å². The molecule has 5 heteroatoms. The summed E-state index contributed by atoms with van der Waals surface area (Å²) >= 11 is 1.94. The summed E-state index contributed by atoms with van der Waals surface area (Å²) in [5.41, 5.74) is 2.51. The first-order valence-corrected chi connectivity index (χ1v) is 9.10. The Morgan fingerprint density at radius 1 is 1.23 bits per heavy atom. The van der Waals surface area contributed by atoms with E-state index >= 15 is 0 Å². The van der Waals surface area contributed by atoms with Crippen molar-refractivity contribution in [3.8, 4) is 0 Å². The standard InChI is InChI=1S/C17H21N3OS/c21-9-5-12-3-7-20(8-4-12)17-16-13-6-10-22-15(13)2-1-14(16)18-11-19-17/h1-2,11-12,21H,3-10H2. The number of fused-ring (bicyclic) bond motifs is 3. The summed E-state index contributed by atoms with van der Waals surface area (Å²) in [6.45, 7) is 2.38. The van der Waals surface area contributed by atoms with Gasteiger partial charge in [0.1, 0.15) is 12.1 Å². The number of aliphatic hydroxyl groups excluding tert-OH is 1. The highest BCUT2D eigenvalue weighted by molar-refractivity contribution is 7.99. The Labute approximate surface area is 135 Å². The number of hydrogen-bond donors (Lipinski definition) is 1. The molecule has 1 saturated heterocycles. The van der Waals surface area contributed by atoms with E-state index in [-0.39, 0.29) is 0 Å². The van der Waals surface area contributed by atoms with Gasteiger partial charge in [-0.2, -0.15) is 0 Å². The van der Waals surface area contributed by atoms with E-state index in [1.807, 2.05) is 11.8 Å². The number of rotatable bonds is 3. The van der Waals surface area contributed by atoms with E-state index < -0.39 is 0 Å². The molecule has 0 spiro atoms. The fraction of sp³-hybridized carbons (Fsp3) is 0.529.